The first-order valence-electron chi connectivity index (χ1n) is 6.40. The van der Waals surface area contributed by atoms with Crippen molar-refractivity contribution in [1.82, 2.24) is 9.97 Å². The number of rotatable bonds is 3. The van der Waals surface area contributed by atoms with Gasteiger partial charge in [-0.2, -0.15) is 0 Å². The second kappa shape index (κ2) is 5.50. The number of para-hydroxylation sites is 2. The summed E-state index contributed by atoms with van der Waals surface area (Å²) in [6, 6.07) is 14.9. The molecule has 0 saturated carbocycles. The monoisotopic (exact) mass is 297 g/mol. The summed E-state index contributed by atoms with van der Waals surface area (Å²) in [7, 11) is 0. The molecule has 5 heteroatoms. The molecule has 1 heterocycles. The quantitative estimate of drug-likeness (QED) is 0.755. The number of amides is 1. The highest BCUT2D eigenvalue weighted by Gasteiger charge is 2.15. The zero-order valence-electron chi connectivity index (χ0n) is 11.0. The van der Waals surface area contributed by atoms with Crippen LogP contribution in [0.5, 0.6) is 0 Å². The van der Waals surface area contributed by atoms with Crippen molar-refractivity contribution in [3.05, 3.63) is 60.3 Å². The number of carbonyl (C=O) groups is 1. The molecule has 21 heavy (non-hydrogen) atoms. The van der Waals surface area contributed by atoms with Crippen LogP contribution in [0.1, 0.15) is 10.9 Å². The maximum atomic E-state index is 11.2. The van der Waals surface area contributed by atoms with Gasteiger partial charge in [-0.05, 0) is 23.8 Å². The van der Waals surface area contributed by atoms with Gasteiger partial charge < -0.3 is 5.73 Å². The summed E-state index contributed by atoms with van der Waals surface area (Å²) in [4.78, 5) is 20.1. The van der Waals surface area contributed by atoms with Crippen LogP contribution in [0.15, 0.2) is 54.7 Å². The normalized spacial score (nSPS) is 12.2. The van der Waals surface area contributed by atoms with Crippen molar-refractivity contribution in [3.8, 4) is 11.3 Å². The molecule has 104 valence electrons. The molecule has 1 amide bonds. The van der Waals surface area contributed by atoms with Gasteiger partial charge in [-0.1, -0.05) is 30.3 Å². The molecule has 0 bridgehead atoms. The highest BCUT2D eigenvalue weighted by Crippen LogP contribution is 2.25. The van der Waals surface area contributed by atoms with Crippen molar-refractivity contribution < 1.29 is 4.79 Å². The van der Waals surface area contributed by atoms with Crippen molar-refractivity contribution in [1.29, 1.82) is 0 Å². The van der Waals surface area contributed by atoms with Crippen LogP contribution in [0.2, 0.25) is 0 Å². The van der Waals surface area contributed by atoms with Crippen LogP contribution in [0.25, 0.3) is 22.3 Å². The highest BCUT2D eigenvalue weighted by molar-refractivity contribution is 6.30. The summed E-state index contributed by atoms with van der Waals surface area (Å²) in [5.41, 5.74) is 9.11. The van der Waals surface area contributed by atoms with Gasteiger partial charge in [0, 0.05) is 5.56 Å². The van der Waals surface area contributed by atoms with E-state index in [1.807, 2.05) is 36.4 Å². The van der Waals surface area contributed by atoms with Crippen LogP contribution in [0.3, 0.4) is 0 Å². The Bertz CT molecular complexity index is 819. The van der Waals surface area contributed by atoms with Crippen LogP contribution >= 0.6 is 11.6 Å². The molecule has 3 aromatic rings. The smallest absolute Gasteiger partial charge is 0.240 e. The maximum Gasteiger partial charge on any atom is 0.240 e. The van der Waals surface area contributed by atoms with E-state index in [9.17, 15) is 4.79 Å². The number of alkyl halides is 1. The summed E-state index contributed by atoms with van der Waals surface area (Å²) >= 11 is 5.99. The van der Waals surface area contributed by atoms with E-state index in [0.29, 0.717) is 5.56 Å². The van der Waals surface area contributed by atoms with Gasteiger partial charge in [0.25, 0.3) is 0 Å². The minimum Gasteiger partial charge on any atom is -0.368 e. The van der Waals surface area contributed by atoms with Crippen molar-refractivity contribution in [2.45, 2.75) is 5.38 Å². The Balaban J connectivity index is 2.06. The van der Waals surface area contributed by atoms with E-state index in [1.54, 1.807) is 18.3 Å². The number of benzene rings is 2. The van der Waals surface area contributed by atoms with Crippen LogP contribution in [0.4, 0.5) is 0 Å². The summed E-state index contributed by atoms with van der Waals surface area (Å²) in [5, 5.41) is -0.849. The van der Waals surface area contributed by atoms with E-state index in [-0.39, 0.29) is 0 Å². The Labute approximate surface area is 126 Å². The van der Waals surface area contributed by atoms with E-state index < -0.39 is 11.3 Å². The number of primary amides is 1. The number of carbonyl (C=O) groups excluding carboxylic acids is 1. The number of hydrogen-bond acceptors (Lipinski definition) is 3. The molecule has 0 saturated heterocycles. The molecule has 2 N–H and O–H groups in total. The van der Waals surface area contributed by atoms with Crippen LogP contribution in [-0.2, 0) is 4.79 Å². The van der Waals surface area contributed by atoms with Gasteiger partial charge in [0.15, 0.2) is 0 Å². The third kappa shape index (κ3) is 2.71. The van der Waals surface area contributed by atoms with Crippen LogP contribution in [0, 0.1) is 0 Å². The van der Waals surface area contributed by atoms with Crippen molar-refractivity contribution in [2.24, 2.45) is 5.73 Å². The van der Waals surface area contributed by atoms with Gasteiger partial charge in [0.2, 0.25) is 5.91 Å². The van der Waals surface area contributed by atoms with Gasteiger partial charge >= 0.3 is 0 Å². The minimum absolute atomic E-state index is 0.571. The minimum atomic E-state index is -0.849. The lowest BCUT2D eigenvalue weighted by molar-refractivity contribution is -0.117. The van der Waals surface area contributed by atoms with E-state index >= 15 is 0 Å². The average molecular weight is 298 g/mol. The topological polar surface area (TPSA) is 68.9 Å². The fourth-order valence-corrected chi connectivity index (χ4v) is 2.25. The Morgan fingerprint density at radius 3 is 2.62 bits per heavy atom. The number of halogens is 1. The fourth-order valence-electron chi connectivity index (χ4n) is 2.12. The Hall–Kier alpha value is -2.46. The molecular weight excluding hydrogens is 286 g/mol. The zero-order valence-corrected chi connectivity index (χ0v) is 11.8. The summed E-state index contributed by atoms with van der Waals surface area (Å²) in [5.74, 6) is -0.571. The third-order valence-electron chi connectivity index (χ3n) is 3.17. The number of nitrogens with two attached hydrogens (primary N) is 1. The number of fused-ring (bicyclic) bond motifs is 1. The molecule has 0 aliphatic carbocycles. The first kappa shape index (κ1) is 13.5. The summed E-state index contributed by atoms with van der Waals surface area (Å²) in [6.45, 7) is 0. The standard InChI is InChI=1S/C16H12ClN3O/c17-15(16(18)21)11-5-3-4-10(8-11)14-9-19-12-6-1-2-7-13(12)20-14/h1-9,15H,(H2,18,21). The Kier molecular flexibility index (Phi) is 3.54. The van der Waals surface area contributed by atoms with Crippen molar-refractivity contribution >= 4 is 28.5 Å². The molecule has 1 aromatic heterocycles. The Morgan fingerprint density at radius 2 is 1.86 bits per heavy atom. The number of hydrogen-bond donors (Lipinski definition) is 1. The number of aromatic nitrogens is 2. The first-order valence-corrected chi connectivity index (χ1v) is 6.84. The van der Waals surface area contributed by atoms with E-state index in [0.717, 1.165) is 22.3 Å². The van der Waals surface area contributed by atoms with Crippen molar-refractivity contribution in [3.63, 3.8) is 0 Å². The lowest BCUT2D eigenvalue weighted by Crippen LogP contribution is -2.16. The summed E-state index contributed by atoms with van der Waals surface area (Å²) in [6.07, 6.45) is 1.70. The van der Waals surface area contributed by atoms with Crippen LogP contribution in [-0.4, -0.2) is 15.9 Å². The largest absolute Gasteiger partial charge is 0.368 e. The van der Waals surface area contributed by atoms with Crippen LogP contribution < -0.4 is 5.73 Å². The second-order valence-corrected chi connectivity index (χ2v) is 5.07. The zero-order chi connectivity index (χ0) is 14.8. The lowest BCUT2D eigenvalue weighted by atomic mass is 10.1. The number of nitrogens with zero attached hydrogens (tertiary/aromatic N) is 2. The van der Waals surface area contributed by atoms with Gasteiger partial charge in [0.05, 0.1) is 22.9 Å². The highest BCUT2D eigenvalue weighted by atomic mass is 35.5. The molecular formula is C16H12ClN3O. The van der Waals surface area contributed by atoms with Gasteiger partial charge in [-0.3, -0.25) is 9.78 Å². The lowest BCUT2D eigenvalue weighted by Gasteiger charge is -2.08. The average Bonchev–Trinajstić information content (AvgIpc) is 2.53. The predicted octanol–water partition coefficient (Wildman–Crippen LogP) is 3.06. The molecule has 0 aliphatic rings. The van der Waals surface area contributed by atoms with Gasteiger partial charge in [-0.15, -0.1) is 11.6 Å². The second-order valence-electron chi connectivity index (χ2n) is 4.63. The van der Waals surface area contributed by atoms with E-state index in [4.69, 9.17) is 17.3 Å². The van der Waals surface area contributed by atoms with Gasteiger partial charge in [-0.25, -0.2) is 4.98 Å². The van der Waals surface area contributed by atoms with Crippen molar-refractivity contribution in [2.75, 3.05) is 0 Å². The molecule has 0 aliphatic heterocycles. The molecule has 4 nitrogen and oxygen atoms in total. The molecule has 0 fully saturated rings. The predicted molar refractivity (Wildman–Crippen MR) is 82.8 cm³/mol. The first-order chi connectivity index (χ1) is 10.1. The molecule has 1 unspecified atom stereocenters. The Morgan fingerprint density at radius 1 is 1.10 bits per heavy atom. The molecule has 0 spiro atoms. The van der Waals surface area contributed by atoms with E-state index in [2.05, 4.69) is 9.97 Å². The fraction of sp³-hybridized carbons (Fsp3) is 0.0625. The molecule has 1 atom stereocenters. The maximum absolute atomic E-state index is 11.2. The summed E-state index contributed by atoms with van der Waals surface area (Å²) < 4.78 is 0. The SMILES string of the molecule is NC(=O)C(Cl)c1cccc(-c2cnc3ccccc3n2)c1. The van der Waals surface area contributed by atoms with E-state index in [1.165, 1.54) is 0 Å². The molecule has 3 rings (SSSR count). The van der Waals surface area contributed by atoms with Gasteiger partial charge in [0.1, 0.15) is 5.38 Å². The molecule has 0 radical (unpaired) electrons. The molecule has 2 aromatic carbocycles. The third-order valence-corrected chi connectivity index (χ3v) is 3.64.